The van der Waals surface area contributed by atoms with E-state index in [2.05, 4.69) is 5.32 Å². The quantitative estimate of drug-likeness (QED) is 0.792. The summed E-state index contributed by atoms with van der Waals surface area (Å²) >= 11 is 5.54. The molecule has 18 heavy (non-hydrogen) atoms. The lowest BCUT2D eigenvalue weighted by atomic mass is 9.88. The van der Waals surface area contributed by atoms with Gasteiger partial charge in [-0.15, -0.1) is 11.6 Å². The first-order valence-electron chi connectivity index (χ1n) is 6.77. The van der Waals surface area contributed by atoms with Gasteiger partial charge >= 0.3 is 0 Å². The molecule has 0 aromatic rings. The fourth-order valence-electron chi connectivity index (χ4n) is 2.97. The molecule has 2 amide bonds. The highest BCUT2D eigenvalue weighted by Crippen LogP contribution is 2.33. The number of halogens is 1. The van der Waals surface area contributed by atoms with Crippen LogP contribution in [0.3, 0.4) is 0 Å². The van der Waals surface area contributed by atoms with Crippen LogP contribution in [-0.2, 0) is 9.59 Å². The molecular weight excluding hydrogens is 252 g/mol. The SMILES string of the molecule is CC(=O)N(C1CC1)[C@H]1CCCC[C@@H]1NC(=O)CCl. The summed E-state index contributed by atoms with van der Waals surface area (Å²) in [5.74, 6) is -0.00501. The van der Waals surface area contributed by atoms with E-state index in [1.165, 1.54) is 0 Å². The van der Waals surface area contributed by atoms with Gasteiger partial charge in [-0.3, -0.25) is 9.59 Å². The van der Waals surface area contributed by atoms with Crippen molar-refractivity contribution >= 4 is 23.4 Å². The van der Waals surface area contributed by atoms with Gasteiger partial charge in [0.05, 0.1) is 6.04 Å². The van der Waals surface area contributed by atoms with E-state index in [0.29, 0.717) is 6.04 Å². The minimum absolute atomic E-state index is 0.00722. The molecular formula is C13H21ClN2O2. The van der Waals surface area contributed by atoms with Crippen LogP contribution in [0.25, 0.3) is 0 Å². The van der Waals surface area contributed by atoms with E-state index in [1.807, 2.05) is 4.90 Å². The van der Waals surface area contributed by atoms with Crippen molar-refractivity contribution in [3.63, 3.8) is 0 Å². The maximum atomic E-state index is 11.8. The molecule has 2 fully saturated rings. The lowest BCUT2D eigenvalue weighted by molar-refractivity contribution is -0.134. The topological polar surface area (TPSA) is 49.4 Å². The van der Waals surface area contributed by atoms with Crippen molar-refractivity contribution < 1.29 is 9.59 Å². The number of rotatable bonds is 4. The largest absolute Gasteiger partial charge is 0.350 e. The van der Waals surface area contributed by atoms with Crippen LogP contribution < -0.4 is 5.32 Å². The summed E-state index contributed by atoms with van der Waals surface area (Å²) in [5.41, 5.74) is 0. The Labute approximate surface area is 113 Å². The van der Waals surface area contributed by atoms with Crippen LogP contribution >= 0.6 is 11.6 Å². The molecule has 2 atom stereocenters. The number of alkyl halides is 1. The average molecular weight is 273 g/mol. The minimum atomic E-state index is -0.132. The Bertz CT molecular complexity index is 331. The van der Waals surface area contributed by atoms with Crippen LogP contribution in [0, 0.1) is 0 Å². The molecule has 2 aliphatic carbocycles. The Morgan fingerprint density at radius 2 is 1.89 bits per heavy atom. The van der Waals surface area contributed by atoms with Crippen LogP contribution in [-0.4, -0.2) is 40.7 Å². The fraction of sp³-hybridized carbons (Fsp3) is 0.846. The average Bonchev–Trinajstić information content (AvgIpc) is 3.15. The van der Waals surface area contributed by atoms with Crippen molar-refractivity contribution in [2.24, 2.45) is 0 Å². The molecule has 0 unspecified atom stereocenters. The molecule has 0 saturated heterocycles. The van der Waals surface area contributed by atoms with E-state index in [0.717, 1.165) is 38.5 Å². The monoisotopic (exact) mass is 272 g/mol. The Morgan fingerprint density at radius 1 is 1.22 bits per heavy atom. The smallest absolute Gasteiger partial charge is 0.235 e. The number of hydrogen-bond donors (Lipinski definition) is 1. The summed E-state index contributed by atoms with van der Waals surface area (Å²) in [6.07, 6.45) is 6.39. The van der Waals surface area contributed by atoms with Crippen LogP contribution in [0.1, 0.15) is 45.4 Å². The van der Waals surface area contributed by atoms with Gasteiger partial charge in [0.2, 0.25) is 11.8 Å². The molecule has 2 saturated carbocycles. The van der Waals surface area contributed by atoms with E-state index in [1.54, 1.807) is 6.92 Å². The molecule has 2 aliphatic rings. The zero-order chi connectivity index (χ0) is 13.1. The zero-order valence-corrected chi connectivity index (χ0v) is 11.6. The molecule has 1 N–H and O–H groups in total. The third kappa shape index (κ3) is 3.16. The molecule has 2 rings (SSSR count). The van der Waals surface area contributed by atoms with Crippen molar-refractivity contribution in [2.45, 2.75) is 63.6 Å². The van der Waals surface area contributed by atoms with E-state index in [-0.39, 0.29) is 29.8 Å². The molecule has 0 radical (unpaired) electrons. The Balaban J connectivity index is 2.05. The predicted molar refractivity (Wildman–Crippen MR) is 70.4 cm³/mol. The molecule has 0 aromatic carbocycles. The van der Waals surface area contributed by atoms with Crippen LogP contribution in [0.2, 0.25) is 0 Å². The number of carbonyl (C=O) groups excluding carboxylic acids is 2. The summed E-state index contributed by atoms with van der Waals surface area (Å²) in [6.45, 7) is 1.63. The number of nitrogens with one attached hydrogen (secondary N) is 1. The van der Waals surface area contributed by atoms with Gasteiger partial charge in [-0.2, -0.15) is 0 Å². The van der Waals surface area contributed by atoms with Gasteiger partial charge in [0, 0.05) is 19.0 Å². The Morgan fingerprint density at radius 3 is 2.44 bits per heavy atom. The van der Waals surface area contributed by atoms with E-state index < -0.39 is 0 Å². The number of amides is 2. The maximum Gasteiger partial charge on any atom is 0.235 e. The second-order valence-electron chi connectivity index (χ2n) is 5.32. The highest BCUT2D eigenvalue weighted by atomic mass is 35.5. The van der Waals surface area contributed by atoms with Crippen molar-refractivity contribution in [3.05, 3.63) is 0 Å². The third-order valence-corrected chi connectivity index (χ3v) is 4.10. The molecule has 0 spiro atoms. The minimum Gasteiger partial charge on any atom is -0.350 e. The van der Waals surface area contributed by atoms with Gasteiger partial charge in [-0.1, -0.05) is 12.8 Å². The van der Waals surface area contributed by atoms with Crippen molar-refractivity contribution in [3.8, 4) is 0 Å². The highest BCUT2D eigenvalue weighted by molar-refractivity contribution is 6.27. The highest BCUT2D eigenvalue weighted by Gasteiger charge is 2.40. The van der Waals surface area contributed by atoms with Gasteiger partial charge in [0.25, 0.3) is 0 Å². The van der Waals surface area contributed by atoms with Gasteiger partial charge < -0.3 is 10.2 Å². The normalized spacial score (nSPS) is 27.7. The molecule has 102 valence electrons. The summed E-state index contributed by atoms with van der Waals surface area (Å²) in [5, 5.41) is 2.97. The van der Waals surface area contributed by atoms with Gasteiger partial charge in [-0.05, 0) is 25.7 Å². The molecule has 0 aliphatic heterocycles. The maximum absolute atomic E-state index is 11.8. The van der Waals surface area contributed by atoms with Gasteiger partial charge in [0.1, 0.15) is 5.88 Å². The summed E-state index contributed by atoms with van der Waals surface area (Å²) in [6, 6.07) is 0.645. The second-order valence-corrected chi connectivity index (χ2v) is 5.58. The third-order valence-electron chi connectivity index (χ3n) is 3.86. The van der Waals surface area contributed by atoms with Gasteiger partial charge in [-0.25, -0.2) is 0 Å². The van der Waals surface area contributed by atoms with E-state index in [4.69, 9.17) is 11.6 Å². The Kier molecular flexibility index (Phi) is 4.49. The fourth-order valence-corrected chi connectivity index (χ4v) is 3.05. The lowest BCUT2D eigenvalue weighted by Gasteiger charge is -2.40. The van der Waals surface area contributed by atoms with Crippen molar-refractivity contribution in [1.29, 1.82) is 0 Å². The van der Waals surface area contributed by atoms with Gasteiger partial charge in [0.15, 0.2) is 0 Å². The lowest BCUT2D eigenvalue weighted by Crippen LogP contribution is -2.55. The molecule has 4 nitrogen and oxygen atoms in total. The molecule has 0 bridgehead atoms. The van der Waals surface area contributed by atoms with Crippen molar-refractivity contribution in [2.75, 3.05) is 5.88 Å². The van der Waals surface area contributed by atoms with E-state index >= 15 is 0 Å². The van der Waals surface area contributed by atoms with E-state index in [9.17, 15) is 9.59 Å². The van der Waals surface area contributed by atoms with Crippen LogP contribution in [0.4, 0.5) is 0 Å². The standard InChI is InChI=1S/C13H21ClN2O2/c1-9(17)16(10-6-7-10)12-5-3-2-4-11(12)15-13(18)8-14/h10-12H,2-8H2,1H3,(H,15,18)/t11-,12-/m0/s1. The van der Waals surface area contributed by atoms with Crippen LogP contribution in [0.15, 0.2) is 0 Å². The first-order valence-corrected chi connectivity index (χ1v) is 7.31. The first kappa shape index (κ1) is 13.7. The molecule has 0 heterocycles. The summed E-state index contributed by atoms with van der Waals surface area (Å²) in [4.78, 5) is 25.3. The predicted octanol–water partition coefficient (Wildman–Crippen LogP) is 1.66. The molecule has 5 heteroatoms. The van der Waals surface area contributed by atoms with Crippen molar-refractivity contribution in [1.82, 2.24) is 10.2 Å². The molecule has 0 aromatic heterocycles. The number of carbonyl (C=O) groups is 2. The number of nitrogens with zero attached hydrogens (tertiary/aromatic N) is 1. The van der Waals surface area contributed by atoms with Crippen LogP contribution in [0.5, 0.6) is 0 Å². The second kappa shape index (κ2) is 5.91. The number of hydrogen-bond acceptors (Lipinski definition) is 2. The zero-order valence-electron chi connectivity index (χ0n) is 10.8. The Hall–Kier alpha value is -0.770. The summed E-state index contributed by atoms with van der Waals surface area (Å²) < 4.78 is 0. The summed E-state index contributed by atoms with van der Waals surface area (Å²) in [7, 11) is 0. The first-order chi connectivity index (χ1) is 8.63.